The third-order valence-electron chi connectivity index (χ3n) is 11.6. The van der Waals surface area contributed by atoms with Crippen LogP contribution in [0.4, 0.5) is 5.69 Å². The lowest BCUT2D eigenvalue weighted by atomic mass is 9.84. The molecule has 3 fully saturated rings. The van der Waals surface area contributed by atoms with Crippen molar-refractivity contribution < 1.29 is 24.2 Å². The van der Waals surface area contributed by atoms with Crippen LogP contribution >= 0.6 is 0 Å². The Morgan fingerprint density at radius 1 is 0.800 bits per heavy atom. The quantitative estimate of drug-likeness (QED) is 0.142. The summed E-state index contributed by atoms with van der Waals surface area (Å²) in [4.78, 5) is 30.6. The number of carbonyl (C=O) groups excluding carboxylic acids is 2. The van der Waals surface area contributed by atoms with Crippen molar-refractivity contribution in [1.29, 1.82) is 0 Å². The Labute approximate surface area is 322 Å². The van der Waals surface area contributed by atoms with Crippen molar-refractivity contribution in [3.8, 4) is 11.1 Å². The van der Waals surface area contributed by atoms with E-state index >= 15 is 0 Å². The first-order chi connectivity index (χ1) is 26.9. The van der Waals surface area contributed by atoms with Crippen LogP contribution in [0.1, 0.15) is 64.8 Å². The smallest absolute Gasteiger partial charge is 0.251 e. The van der Waals surface area contributed by atoms with E-state index in [1.807, 2.05) is 84.9 Å². The molecule has 55 heavy (non-hydrogen) atoms. The Bertz CT molecular complexity index is 2070. The van der Waals surface area contributed by atoms with Crippen molar-refractivity contribution in [2.45, 2.75) is 57.0 Å². The maximum Gasteiger partial charge on any atom is 0.251 e. The fourth-order valence-corrected chi connectivity index (χ4v) is 8.29. The maximum absolute atomic E-state index is 13.3. The number of amides is 2. The molecule has 3 aliphatic rings. The highest BCUT2D eigenvalue weighted by molar-refractivity contribution is 5.94. The molecule has 1 spiro atoms. The van der Waals surface area contributed by atoms with Gasteiger partial charge in [-0.1, -0.05) is 110 Å². The summed E-state index contributed by atoms with van der Waals surface area (Å²) in [5, 5.41) is 15.8. The first-order valence-electron chi connectivity index (χ1n) is 19.3. The van der Waals surface area contributed by atoms with E-state index in [1.165, 1.54) is 0 Å². The Morgan fingerprint density at radius 3 is 2.20 bits per heavy atom. The fourth-order valence-electron chi connectivity index (χ4n) is 8.29. The molecule has 0 aromatic heterocycles. The van der Waals surface area contributed by atoms with Gasteiger partial charge in [0.25, 0.3) is 5.91 Å². The molecule has 3 saturated heterocycles. The minimum absolute atomic E-state index is 0.0104. The van der Waals surface area contributed by atoms with Gasteiger partial charge in [-0.3, -0.25) is 9.59 Å². The SMILES string of the molecule is CC1C(CN2CCC3(CC2)C(=O)NCN3c2ccccc2)OC(c2ccc(-c3cccc(CNC(=O)c4ccccc4)c3)cc2)OC1c1ccc(CO)cc1. The van der Waals surface area contributed by atoms with E-state index in [1.54, 1.807) is 0 Å². The van der Waals surface area contributed by atoms with Crippen LogP contribution in [0.15, 0.2) is 133 Å². The number of carbonyl (C=O) groups is 2. The third-order valence-corrected chi connectivity index (χ3v) is 11.6. The second-order valence-corrected chi connectivity index (χ2v) is 15.0. The number of para-hydroxylation sites is 1. The summed E-state index contributed by atoms with van der Waals surface area (Å²) in [6, 6.07) is 44.0. The first-order valence-corrected chi connectivity index (χ1v) is 19.3. The number of anilines is 1. The van der Waals surface area contributed by atoms with Gasteiger partial charge in [-0.05, 0) is 71.0 Å². The standard InChI is InChI=1S/C46H48N4O5/c1-32-41(29-49-25-23-46(24-26-49)45(53)48-31-50(46)40-13-6-3-7-14-40)54-44(55-42(32)36-17-15-33(30-51)16-18-36)38-21-19-35(20-22-38)39-12-8-9-34(27-39)28-47-43(52)37-10-4-2-5-11-37/h2-22,27,32,41-42,44,51H,23-26,28-31H2,1H3,(H,47,52)(H,48,53). The van der Waals surface area contributed by atoms with Crippen LogP contribution in [0.2, 0.25) is 0 Å². The van der Waals surface area contributed by atoms with Gasteiger partial charge in [0.2, 0.25) is 5.91 Å². The van der Waals surface area contributed by atoms with E-state index < -0.39 is 11.8 Å². The second-order valence-electron chi connectivity index (χ2n) is 15.0. The van der Waals surface area contributed by atoms with Gasteiger partial charge >= 0.3 is 0 Å². The minimum atomic E-state index is -0.581. The molecule has 5 aromatic carbocycles. The lowest BCUT2D eigenvalue weighted by Crippen LogP contribution is -2.57. The van der Waals surface area contributed by atoms with Crippen LogP contribution in [0.5, 0.6) is 0 Å². The molecule has 3 heterocycles. The molecule has 9 heteroatoms. The van der Waals surface area contributed by atoms with Crippen molar-refractivity contribution in [2.75, 3.05) is 31.2 Å². The molecule has 4 unspecified atom stereocenters. The number of nitrogens with zero attached hydrogens (tertiary/aromatic N) is 2. The molecular weight excluding hydrogens is 689 g/mol. The highest BCUT2D eigenvalue weighted by Gasteiger charge is 2.51. The summed E-state index contributed by atoms with van der Waals surface area (Å²) >= 11 is 0. The predicted octanol–water partition coefficient (Wildman–Crippen LogP) is 7.00. The van der Waals surface area contributed by atoms with Gasteiger partial charge in [0.15, 0.2) is 6.29 Å². The van der Waals surface area contributed by atoms with E-state index in [0.29, 0.717) is 18.8 Å². The number of hydrogen-bond donors (Lipinski definition) is 3. The summed E-state index contributed by atoms with van der Waals surface area (Å²) in [7, 11) is 0. The molecule has 0 saturated carbocycles. The molecule has 9 nitrogen and oxygen atoms in total. The lowest BCUT2D eigenvalue weighted by Gasteiger charge is -2.46. The number of likely N-dealkylation sites (tertiary alicyclic amines) is 1. The van der Waals surface area contributed by atoms with E-state index in [0.717, 1.165) is 71.5 Å². The molecule has 5 aromatic rings. The van der Waals surface area contributed by atoms with Crippen LogP contribution < -0.4 is 15.5 Å². The van der Waals surface area contributed by atoms with Gasteiger partial charge in [-0.25, -0.2) is 0 Å². The third kappa shape index (κ3) is 7.79. The summed E-state index contributed by atoms with van der Waals surface area (Å²) in [6.07, 6.45) is 0.554. The summed E-state index contributed by atoms with van der Waals surface area (Å²) < 4.78 is 13.6. The first kappa shape index (κ1) is 36.6. The number of nitrogens with one attached hydrogen (secondary N) is 2. The zero-order valence-corrected chi connectivity index (χ0v) is 31.1. The molecule has 3 N–H and O–H groups in total. The number of rotatable bonds is 10. The molecule has 4 atom stereocenters. The van der Waals surface area contributed by atoms with Crippen LogP contribution in [0.3, 0.4) is 0 Å². The van der Waals surface area contributed by atoms with Gasteiger partial charge < -0.3 is 35.0 Å². The van der Waals surface area contributed by atoms with Gasteiger partial charge in [0.05, 0.1) is 25.5 Å². The van der Waals surface area contributed by atoms with Crippen molar-refractivity contribution in [2.24, 2.45) is 5.92 Å². The summed E-state index contributed by atoms with van der Waals surface area (Å²) in [6.45, 7) is 5.43. The minimum Gasteiger partial charge on any atom is -0.392 e. The van der Waals surface area contributed by atoms with Crippen molar-refractivity contribution in [3.05, 3.63) is 161 Å². The van der Waals surface area contributed by atoms with Crippen LogP contribution in [0.25, 0.3) is 11.1 Å². The number of ether oxygens (including phenoxy) is 2. The fraction of sp³-hybridized carbons (Fsp3) is 0.304. The molecule has 0 bridgehead atoms. The molecule has 2 amide bonds. The average Bonchev–Trinajstić information content (AvgIpc) is 3.56. The summed E-state index contributed by atoms with van der Waals surface area (Å²) in [5.74, 6) is 0.0634. The van der Waals surface area contributed by atoms with E-state index in [-0.39, 0.29) is 36.5 Å². The number of aliphatic hydroxyl groups excluding tert-OH is 1. The Morgan fingerprint density at radius 2 is 1.49 bits per heavy atom. The van der Waals surface area contributed by atoms with E-state index in [9.17, 15) is 14.7 Å². The van der Waals surface area contributed by atoms with Crippen LogP contribution in [-0.2, 0) is 27.4 Å². The Hall–Kier alpha value is -5.32. The molecule has 282 valence electrons. The zero-order valence-electron chi connectivity index (χ0n) is 31.1. The number of benzene rings is 5. The molecule has 0 radical (unpaired) electrons. The van der Waals surface area contributed by atoms with Crippen molar-refractivity contribution in [3.63, 3.8) is 0 Å². The molecule has 0 aliphatic carbocycles. The number of hydrogen-bond acceptors (Lipinski definition) is 7. The largest absolute Gasteiger partial charge is 0.392 e. The van der Waals surface area contributed by atoms with E-state index in [4.69, 9.17) is 9.47 Å². The highest BCUT2D eigenvalue weighted by atomic mass is 16.7. The van der Waals surface area contributed by atoms with Gasteiger partial charge in [0.1, 0.15) is 5.54 Å². The van der Waals surface area contributed by atoms with E-state index in [2.05, 4.69) is 75.9 Å². The topological polar surface area (TPSA) is 103 Å². The average molecular weight is 737 g/mol. The van der Waals surface area contributed by atoms with Gasteiger partial charge in [-0.2, -0.15) is 0 Å². The summed E-state index contributed by atoms with van der Waals surface area (Å²) in [5.41, 5.74) is 7.13. The van der Waals surface area contributed by atoms with Crippen molar-refractivity contribution >= 4 is 17.5 Å². The normalized spacial score (nSPS) is 22.4. The predicted molar refractivity (Wildman–Crippen MR) is 213 cm³/mol. The van der Waals surface area contributed by atoms with Gasteiger partial charge in [0, 0.05) is 48.9 Å². The van der Waals surface area contributed by atoms with Gasteiger partial charge in [-0.15, -0.1) is 0 Å². The number of piperidine rings is 1. The zero-order chi connectivity index (χ0) is 37.8. The maximum atomic E-state index is 13.3. The van der Waals surface area contributed by atoms with Crippen LogP contribution in [-0.4, -0.2) is 59.8 Å². The van der Waals surface area contributed by atoms with Crippen molar-refractivity contribution in [1.82, 2.24) is 15.5 Å². The molecule has 8 rings (SSSR count). The van der Waals surface area contributed by atoms with Crippen LogP contribution in [0, 0.1) is 5.92 Å². The number of aliphatic hydroxyl groups is 1. The Balaban J connectivity index is 0.974. The second kappa shape index (κ2) is 16.2. The highest BCUT2D eigenvalue weighted by Crippen LogP contribution is 2.43. The molecule has 3 aliphatic heterocycles. The molecular formula is C46H48N4O5. The monoisotopic (exact) mass is 736 g/mol. The lowest BCUT2D eigenvalue weighted by molar-refractivity contribution is -0.276. The Kier molecular flexibility index (Phi) is 10.8.